The molecule has 1 heterocycles. The van der Waals surface area contributed by atoms with E-state index in [1.165, 1.54) is 0 Å². The van der Waals surface area contributed by atoms with Crippen LogP contribution in [0.1, 0.15) is 11.1 Å². The van der Waals surface area contributed by atoms with Gasteiger partial charge in [-0.2, -0.15) is 0 Å². The minimum atomic E-state index is -0.493. The van der Waals surface area contributed by atoms with Crippen LogP contribution in [0.2, 0.25) is 0 Å². The zero-order chi connectivity index (χ0) is 13.1. The summed E-state index contributed by atoms with van der Waals surface area (Å²) in [7, 11) is 1.94. The minimum Gasteiger partial charge on any atom is -0.390 e. The number of nitrogens with zero attached hydrogens (tertiary/aromatic N) is 1. The Hall–Kier alpha value is -1.43. The van der Waals surface area contributed by atoms with Crippen molar-refractivity contribution in [3.05, 3.63) is 29.3 Å². The number of carbonyl (C=O) groups excluding carboxylic acids is 1. The molecular weight excluding hydrogens is 230 g/mol. The number of hydrogen-bond acceptors (Lipinski definition) is 4. The SMILES string of the molecule is CN(Cc1ccc2c(c1)CC(=O)N2)CC(O)CN. The number of benzene rings is 1. The van der Waals surface area contributed by atoms with Gasteiger partial charge in [0.05, 0.1) is 12.5 Å². The van der Waals surface area contributed by atoms with Crippen molar-refractivity contribution in [3.8, 4) is 0 Å². The van der Waals surface area contributed by atoms with E-state index in [1.807, 2.05) is 30.1 Å². The van der Waals surface area contributed by atoms with Gasteiger partial charge in [0.25, 0.3) is 0 Å². The second-order valence-corrected chi connectivity index (χ2v) is 4.80. The number of aliphatic hydroxyl groups is 1. The lowest BCUT2D eigenvalue weighted by Gasteiger charge is -2.19. The highest BCUT2D eigenvalue weighted by atomic mass is 16.3. The summed E-state index contributed by atoms with van der Waals surface area (Å²) in [4.78, 5) is 13.3. The van der Waals surface area contributed by atoms with Crippen LogP contribution in [0.3, 0.4) is 0 Å². The summed E-state index contributed by atoms with van der Waals surface area (Å²) in [5.41, 5.74) is 8.47. The number of hydrogen-bond donors (Lipinski definition) is 3. The van der Waals surface area contributed by atoms with Crippen molar-refractivity contribution < 1.29 is 9.90 Å². The number of amides is 1. The lowest BCUT2D eigenvalue weighted by atomic mass is 10.1. The molecule has 0 saturated carbocycles. The van der Waals surface area contributed by atoms with Gasteiger partial charge in [-0.05, 0) is 24.2 Å². The maximum absolute atomic E-state index is 11.2. The normalized spacial score (nSPS) is 15.7. The third-order valence-electron chi connectivity index (χ3n) is 3.04. The molecule has 5 nitrogen and oxygen atoms in total. The van der Waals surface area contributed by atoms with Crippen LogP contribution in [-0.2, 0) is 17.8 Å². The lowest BCUT2D eigenvalue weighted by Crippen LogP contribution is -2.33. The van der Waals surface area contributed by atoms with Gasteiger partial charge in [-0.3, -0.25) is 9.69 Å². The first kappa shape index (κ1) is 13.0. The molecule has 1 aliphatic rings. The molecule has 0 aliphatic carbocycles. The number of fused-ring (bicyclic) bond motifs is 1. The summed E-state index contributed by atoms with van der Waals surface area (Å²) in [5, 5.41) is 12.3. The van der Waals surface area contributed by atoms with Crippen molar-refractivity contribution in [2.75, 3.05) is 25.5 Å². The fourth-order valence-electron chi connectivity index (χ4n) is 2.19. The van der Waals surface area contributed by atoms with Crippen molar-refractivity contribution >= 4 is 11.6 Å². The Balaban J connectivity index is 1.98. The summed E-state index contributed by atoms with van der Waals surface area (Å²) >= 11 is 0. The molecule has 0 saturated heterocycles. The maximum Gasteiger partial charge on any atom is 0.228 e. The van der Waals surface area contributed by atoms with Crippen LogP contribution in [0.4, 0.5) is 5.69 Å². The number of aliphatic hydroxyl groups excluding tert-OH is 1. The van der Waals surface area contributed by atoms with E-state index in [1.54, 1.807) is 0 Å². The molecule has 0 spiro atoms. The zero-order valence-corrected chi connectivity index (χ0v) is 10.5. The van der Waals surface area contributed by atoms with Crippen LogP contribution in [0.5, 0.6) is 0 Å². The van der Waals surface area contributed by atoms with E-state index in [0.717, 1.165) is 23.4 Å². The van der Waals surface area contributed by atoms with E-state index in [4.69, 9.17) is 5.73 Å². The van der Waals surface area contributed by atoms with Crippen LogP contribution < -0.4 is 11.1 Å². The van der Waals surface area contributed by atoms with Crippen molar-refractivity contribution in [2.24, 2.45) is 5.73 Å². The van der Waals surface area contributed by atoms with Gasteiger partial charge in [0, 0.05) is 25.3 Å². The van der Waals surface area contributed by atoms with E-state index in [0.29, 0.717) is 13.0 Å². The molecule has 1 atom stereocenters. The van der Waals surface area contributed by atoms with Crippen LogP contribution in [-0.4, -0.2) is 42.2 Å². The summed E-state index contributed by atoms with van der Waals surface area (Å²) < 4.78 is 0. The Kier molecular flexibility index (Phi) is 3.96. The van der Waals surface area contributed by atoms with Crippen molar-refractivity contribution in [3.63, 3.8) is 0 Å². The number of nitrogens with two attached hydrogens (primary N) is 1. The molecule has 0 fully saturated rings. The van der Waals surface area contributed by atoms with Gasteiger partial charge in [-0.1, -0.05) is 12.1 Å². The molecule has 1 unspecified atom stereocenters. The lowest BCUT2D eigenvalue weighted by molar-refractivity contribution is -0.115. The first-order valence-corrected chi connectivity index (χ1v) is 6.07. The second-order valence-electron chi connectivity index (χ2n) is 4.80. The van der Waals surface area contributed by atoms with Crippen LogP contribution in [0.15, 0.2) is 18.2 Å². The zero-order valence-electron chi connectivity index (χ0n) is 10.5. The molecule has 4 N–H and O–H groups in total. The smallest absolute Gasteiger partial charge is 0.228 e. The predicted molar refractivity (Wildman–Crippen MR) is 70.2 cm³/mol. The number of rotatable bonds is 5. The van der Waals surface area contributed by atoms with Gasteiger partial charge in [0.2, 0.25) is 5.91 Å². The maximum atomic E-state index is 11.2. The third kappa shape index (κ3) is 3.07. The highest BCUT2D eigenvalue weighted by molar-refractivity contribution is 5.99. The van der Waals surface area contributed by atoms with Gasteiger partial charge in [-0.15, -0.1) is 0 Å². The topological polar surface area (TPSA) is 78.6 Å². The highest BCUT2D eigenvalue weighted by Crippen LogP contribution is 2.24. The minimum absolute atomic E-state index is 0.0501. The number of likely N-dealkylation sites (N-methyl/N-ethyl adjacent to an activating group) is 1. The van der Waals surface area contributed by atoms with Gasteiger partial charge < -0.3 is 16.2 Å². The number of nitrogens with one attached hydrogen (secondary N) is 1. The predicted octanol–water partition coefficient (Wildman–Crippen LogP) is -0.0674. The second kappa shape index (κ2) is 5.48. The van der Waals surface area contributed by atoms with Gasteiger partial charge >= 0.3 is 0 Å². The average molecular weight is 249 g/mol. The van der Waals surface area contributed by atoms with Gasteiger partial charge in [-0.25, -0.2) is 0 Å². The molecule has 0 bridgehead atoms. The molecule has 1 amide bonds. The molecule has 0 aromatic heterocycles. The number of carbonyl (C=O) groups is 1. The quantitative estimate of drug-likeness (QED) is 0.682. The average Bonchev–Trinajstić information content (AvgIpc) is 2.68. The fourth-order valence-corrected chi connectivity index (χ4v) is 2.19. The van der Waals surface area contributed by atoms with Crippen molar-refractivity contribution in [1.82, 2.24) is 4.90 Å². The Morgan fingerprint density at radius 1 is 1.56 bits per heavy atom. The summed E-state index contributed by atoms with van der Waals surface area (Å²) in [6.45, 7) is 1.55. The largest absolute Gasteiger partial charge is 0.390 e. The first-order chi connectivity index (χ1) is 8.58. The third-order valence-corrected chi connectivity index (χ3v) is 3.04. The Morgan fingerprint density at radius 3 is 3.06 bits per heavy atom. The van der Waals surface area contributed by atoms with Crippen molar-refractivity contribution in [1.29, 1.82) is 0 Å². The fraction of sp³-hybridized carbons (Fsp3) is 0.462. The molecule has 1 aliphatic heterocycles. The molecule has 5 heteroatoms. The summed E-state index contributed by atoms with van der Waals surface area (Å²) in [6, 6.07) is 5.97. The van der Waals surface area contributed by atoms with Crippen molar-refractivity contribution in [2.45, 2.75) is 19.1 Å². The highest BCUT2D eigenvalue weighted by Gasteiger charge is 2.17. The molecule has 18 heavy (non-hydrogen) atoms. The van der Waals surface area contributed by atoms with Crippen LogP contribution in [0.25, 0.3) is 0 Å². The van der Waals surface area contributed by atoms with Gasteiger partial charge in [0.1, 0.15) is 0 Å². The van der Waals surface area contributed by atoms with E-state index in [-0.39, 0.29) is 12.5 Å². The van der Waals surface area contributed by atoms with E-state index in [2.05, 4.69) is 5.32 Å². The Labute approximate surface area is 107 Å². The van der Waals surface area contributed by atoms with E-state index in [9.17, 15) is 9.90 Å². The standard InChI is InChI=1S/C13H19N3O2/c1-16(8-11(17)6-14)7-9-2-3-12-10(4-9)5-13(18)15-12/h2-4,11,17H,5-8,14H2,1H3,(H,15,18). The summed E-state index contributed by atoms with van der Waals surface area (Å²) in [5.74, 6) is 0.0501. The number of anilines is 1. The van der Waals surface area contributed by atoms with E-state index < -0.39 is 6.10 Å². The first-order valence-electron chi connectivity index (χ1n) is 6.07. The van der Waals surface area contributed by atoms with E-state index >= 15 is 0 Å². The van der Waals surface area contributed by atoms with Crippen LogP contribution >= 0.6 is 0 Å². The molecule has 2 rings (SSSR count). The molecule has 1 aromatic carbocycles. The molecule has 1 aromatic rings. The monoisotopic (exact) mass is 249 g/mol. The Bertz CT molecular complexity index is 448. The molecule has 0 radical (unpaired) electrons. The van der Waals surface area contributed by atoms with Gasteiger partial charge in [0.15, 0.2) is 0 Å². The Morgan fingerprint density at radius 2 is 2.33 bits per heavy atom. The van der Waals surface area contributed by atoms with Crippen LogP contribution in [0, 0.1) is 0 Å². The molecular formula is C13H19N3O2. The summed E-state index contributed by atoms with van der Waals surface area (Å²) in [6.07, 6.45) is -0.0362. The molecule has 98 valence electrons.